The normalized spacial score (nSPS) is 21.6. The number of rotatable bonds is 6. The first kappa shape index (κ1) is 20.9. The number of carbonyl (C=O) groups is 2. The molecule has 1 fully saturated rings. The molecule has 0 radical (unpaired) electrons. The van der Waals surface area contributed by atoms with Gasteiger partial charge in [-0.15, -0.1) is 0 Å². The molecule has 1 saturated carbocycles. The molecule has 7 nitrogen and oxygen atoms in total. The van der Waals surface area contributed by atoms with Crippen LogP contribution in [0.25, 0.3) is 11.0 Å². The largest absolute Gasteiger partial charge is 0.482 e. The molecule has 0 spiro atoms. The molecule has 0 bridgehead atoms. The highest BCUT2D eigenvalue weighted by atomic mass is 16.6. The number of carbonyl (C=O) groups excluding carboxylic acids is 2. The van der Waals surface area contributed by atoms with Gasteiger partial charge in [-0.2, -0.15) is 0 Å². The lowest BCUT2D eigenvalue weighted by Gasteiger charge is -2.34. The number of nitrogens with one attached hydrogen (secondary N) is 1. The van der Waals surface area contributed by atoms with E-state index >= 15 is 0 Å². The topological polar surface area (TPSA) is 94.8 Å². The van der Waals surface area contributed by atoms with Crippen molar-refractivity contribution >= 4 is 22.8 Å². The molecule has 1 amide bonds. The minimum Gasteiger partial charge on any atom is -0.482 e. The van der Waals surface area contributed by atoms with Gasteiger partial charge in [0.1, 0.15) is 11.3 Å². The second-order valence-electron chi connectivity index (χ2n) is 7.80. The Kier molecular flexibility index (Phi) is 6.56. The standard InChI is InChI=1S/C22H27NO6/c1-13-5-4-6-18(15(13)3)23-20(24)11-28-22(26)12-27-16-7-8-17-14(2)9-21(25)29-19(17)10-16/h7-10,13,15,18H,4-6,11-12H2,1-3H3,(H,23,24)/t13-,15+,18-/m1/s1. The Morgan fingerprint density at radius 2 is 1.97 bits per heavy atom. The van der Waals surface area contributed by atoms with Crippen molar-refractivity contribution in [1.29, 1.82) is 0 Å². The zero-order chi connectivity index (χ0) is 21.0. The van der Waals surface area contributed by atoms with Crippen molar-refractivity contribution in [3.8, 4) is 5.75 Å². The Balaban J connectivity index is 1.47. The van der Waals surface area contributed by atoms with Crippen LogP contribution in [0.1, 0.15) is 38.7 Å². The predicted molar refractivity (Wildman–Crippen MR) is 108 cm³/mol. The van der Waals surface area contributed by atoms with Crippen LogP contribution >= 0.6 is 0 Å². The van der Waals surface area contributed by atoms with E-state index in [-0.39, 0.29) is 25.2 Å². The quantitative estimate of drug-likeness (QED) is 0.591. The van der Waals surface area contributed by atoms with Gasteiger partial charge in [0.2, 0.25) is 0 Å². The van der Waals surface area contributed by atoms with Gasteiger partial charge >= 0.3 is 11.6 Å². The number of esters is 1. The summed E-state index contributed by atoms with van der Waals surface area (Å²) < 4.78 is 15.6. The molecule has 29 heavy (non-hydrogen) atoms. The summed E-state index contributed by atoms with van der Waals surface area (Å²) in [6, 6.07) is 6.53. The van der Waals surface area contributed by atoms with Crippen LogP contribution in [0.3, 0.4) is 0 Å². The molecule has 0 aliphatic heterocycles. The molecule has 1 aromatic carbocycles. The van der Waals surface area contributed by atoms with Gasteiger partial charge in [-0.1, -0.05) is 26.7 Å². The maximum absolute atomic E-state index is 12.1. The molecule has 2 aromatic rings. The summed E-state index contributed by atoms with van der Waals surface area (Å²) in [5, 5.41) is 3.75. The Bertz CT molecular complexity index is 950. The molecule has 1 aromatic heterocycles. The molecular formula is C22H27NO6. The van der Waals surface area contributed by atoms with Crippen LogP contribution in [0.4, 0.5) is 0 Å². The zero-order valence-electron chi connectivity index (χ0n) is 17.0. The summed E-state index contributed by atoms with van der Waals surface area (Å²) in [6.07, 6.45) is 3.22. The summed E-state index contributed by atoms with van der Waals surface area (Å²) >= 11 is 0. The van der Waals surface area contributed by atoms with Gasteiger partial charge in [0.25, 0.3) is 5.91 Å². The van der Waals surface area contributed by atoms with Gasteiger partial charge in [-0.25, -0.2) is 9.59 Å². The number of hydrogen-bond donors (Lipinski definition) is 1. The van der Waals surface area contributed by atoms with Crippen LogP contribution in [0.2, 0.25) is 0 Å². The highest BCUT2D eigenvalue weighted by Gasteiger charge is 2.28. The lowest BCUT2D eigenvalue weighted by molar-refractivity contribution is -0.150. The molecule has 1 N–H and O–H groups in total. The maximum atomic E-state index is 12.1. The van der Waals surface area contributed by atoms with Crippen LogP contribution in [-0.4, -0.2) is 31.1 Å². The highest BCUT2D eigenvalue weighted by Crippen LogP contribution is 2.29. The summed E-state index contributed by atoms with van der Waals surface area (Å²) in [4.78, 5) is 35.5. The van der Waals surface area contributed by atoms with Crippen LogP contribution in [0.5, 0.6) is 5.75 Å². The Labute approximate surface area is 169 Å². The fourth-order valence-electron chi connectivity index (χ4n) is 3.76. The van der Waals surface area contributed by atoms with Gasteiger partial charge < -0.3 is 19.2 Å². The van der Waals surface area contributed by atoms with E-state index in [4.69, 9.17) is 13.9 Å². The van der Waals surface area contributed by atoms with Gasteiger partial charge in [-0.3, -0.25) is 4.79 Å². The van der Waals surface area contributed by atoms with Crippen molar-refractivity contribution < 1.29 is 23.5 Å². The van der Waals surface area contributed by atoms with Crippen molar-refractivity contribution in [2.75, 3.05) is 13.2 Å². The molecule has 3 atom stereocenters. The smallest absolute Gasteiger partial charge is 0.344 e. The lowest BCUT2D eigenvalue weighted by Crippen LogP contribution is -2.45. The molecule has 156 valence electrons. The molecule has 1 aliphatic carbocycles. The van der Waals surface area contributed by atoms with Crippen molar-refractivity contribution in [3.05, 3.63) is 40.2 Å². The van der Waals surface area contributed by atoms with Crippen molar-refractivity contribution in [1.82, 2.24) is 5.32 Å². The number of amides is 1. The fourth-order valence-corrected chi connectivity index (χ4v) is 3.76. The first-order valence-electron chi connectivity index (χ1n) is 9.96. The van der Waals surface area contributed by atoms with Gasteiger partial charge in [0.15, 0.2) is 13.2 Å². The SMILES string of the molecule is Cc1cc(=O)oc2cc(OCC(=O)OCC(=O)N[C@@H]3CCC[C@@H](C)[C@@H]3C)ccc12. The van der Waals surface area contributed by atoms with Crippen LogP contribution < -0.4 is 15.7 Å². The molecular weight excluding hydrogens is 374 g/mol. The number of aryl methyl sites for hydroxylation is 1. The average molecular weight is 401 g/mol. The van der Waals surface area contributed by atoms with Crippen molar-refractivity contribution in [3.63, 3.8) is 0 Å². The molecule has 1 aliphatic rings. The van der Waals surface area contributed by atoms with E-state index in [0.717, 1.165) is 23.8 Å². The van der Waals surface area contributed by atoms with Crippen molar-refractivity contribution in [2.24, 2.45) is 11.8 Å². The summed E-state index contributed by atoms with van der Waals surface area (Å²) in [7, 11) is 0. The minimum absolute atomic E-state index is 0.122. The summed E-state index contributed by atoms with van der Waals surface area (Å²) in [5.41, 5.74) is 0.741. The fraction of sp³-hybridized carbons (Fsp3) is 0.500. The van der Waals surface area contributed by atoms with E-state index in [1.807, 2.05) is 6.92 Å². The van der Waals surface area contributed by atoms with Crippen LogP contribution in [0.15, 0.2) is 33.5 Å². The van der Waals surface area contributed by atoms with Gasteiger partial charge in [-0.05, 0) is 42.9 Å². The van der Waals surface area contributed by atoms with E-state index in [0.29, 0.717) is 23.2 Å². The van der Waals surface area contributed by atoms with E-state index in [1.54, 1.807) is 18.2 Å². The molecule has 0 saturated heterocycles. The minimum atomic E-state index is -0.643. The molecule has 3 rings (SSSR count). The summed E-state index contributed by atoms with van der Waals surface area (Å²) in [5.74, 6) is 0.407. The highest BCUT2D eigenvalue weighted by molar-refractivity contribution is 5.82. The Morgan fingerprint density at radius 1 is 1.17 bits per heavy atom. The van der Waals surface area contributed by atoms with E-state index in [9.17, 15) is 14.4 Å². The number of benzene rings is 1. The third-order valence-corrected chi connectivity index (χ3v) is 5.70. The second kappa shape index (κ2) is 9.11. The van der Waals surface area contributed by atoms with E-state index < -0.39 is 11.6 Å². The van der Waals surface area contributed by atoms with Crippen molar-refractivity contribution in [2.45, 2.75) is 46.1 Å². The maximum Gasteiger partial charge on any atom is 0.344 e. The second-order valence-corrected chi connectivity index (χ2v) is 7.80. The van der Waals surface area contributed by atoms with Crippen LogP contribution in [0, 0.1) is 18.8 Å². The van der Waals surface area contributed by atoms with E-state index in [1.165, 1.54) is 12.5 Å². The number of hydrogen-bond acceptors (Lipinski definition) is 6. The Hall–Kier alpha value is -2.83. The number of fused-ring (bicyclic) bond motifs is 1. The monoisotopic (exact) mass is 401 g/mol. The number of ether oxygens (including phenoxy) is 2. The first-order valence-corrected chi connectivity index (χ1v) is 9.96. The van der Waals surface area contributed by atoms with Crippen LogP contribution in [-0.2, 0) is 14.3 Å². The van der Waals surface area contributed by atoms with E-state index in [2.05, 4.69) is 19.2 Å². The summed E-state index contributed by atoms with van der Waals surface area (Å²) in [6.45, 7) is 5.48. The molecule has 0 unspecified atom stereocenters. The zero-order valence-corrected chi connectivity index (χ0v) is 17.0. The lowest BCUT2D eigenvalue weighted by atomic mass is 9.78. The predicted octanol–water partition coefficient (Wildman–Crippen LogP) is 2.96. The third kappa shape index (κ3) is 5.37. The van der Waals surface area contributed by atoms with Gasteiger partial charge in [0, 0.05) is 23.6 Å². The first-order chi connectivity index (χ1) is 13.8. The molecule has 7 heteroatoms. The van der Waals surface area contributed by atoms with Gasteiger partial charge in [0.05, 0.1) is 0 Å². The Morgan fingerprint density at radius 3 is 2.76 bits per heavy atom. The average Bonchev–Trinajstić information content (AvgIpc) is 2.68. The molecule has 1 heterocycles. The third-order valence-electron chi connectivity index (χ3n) is 5.70.